The van der Waals surface area contributed by atoms with Crippen molar-refractivity contribution in [3.05, 3.63) is 36.3 Å². The summed E-state index contributed by atoms with van der Waals surface area (Å²) in [6.45, 7) is 5.35. The zero-order valence-corrected chi connectivity index (χ0v) is 7.78. The smallest absolute Gasteiger partial charge is 0.339 e. The van der Waals surface area contributed by atoms with Crippen LogP contribution in [0.25, 0.3) is 0 Å². The SMILES string of the molecule is C=CC(NC(=O)NO)c1ccc(C)o1. The van der Waals surface area contributed by atoms with Crippen LogP contribution < -0.4 is 10.8 Å². The lowest BCUT2D eigenvalue weighted by Crippen LogP contribution is -2.35. The highest BCUT2D eigenvalue weighted by Gasteiger charge is 2.13. The van der Waals surface area contributed by atoms with E-state index in [-0.39, 0.29) is 0 Å². The molecular formula is C9H12N2O3. The third-order valence-corrected chi connectivity index (χ3v) is 1.69. The van der Waals surface area contributed by atoms with Crippen molar-refractivity contribution in [2.45, 2.75) is 13.0 Å². The Morgan fingerprint density at radius 3 is 2.86 bits per heavy atom. The molecule has 0 aliphatic rings. The second kappa shape index (κ2) is 4.48. The number of nitrogens with one attached hydrogen (secondary N) is 2. The minimum atomic E-state index is -0.705. The zero-order valence-electron chi connectivity index (χ0n) is 7.78. The molecule has 0 radical (unpaired) electrons. The van der Waals surface area contributed by atoms with E-state index in [0.717, 1.165) is 5.76 Å². The molecule has 0 fully saturated rings. The van der Waals surface area contributed by atoms with Crippen molar-refractivity contribution in [1.29, 1.82) is 0 Å². The number of carbonyl (C=O) groups is 1. The topological polar surface area (TPSA) is 74.5 Å². The minimum absolute atomic E-state index is 0.448. The summed E-state index contributed by atoms with van der Waals surface area (Å²) in [5.74, 6) is 1.32. The molecule has 0 aromatic carbocycles. The van der Waals surface area contributed by atoms with E-state index in [1.807, 2.05) is 0 Å². The molecule has 76 valence electrons. The van der Waals surface area contributed by atoms with Crippen molar-refractivity contribution in [3.8, 4) is 0 Å². The summed E-state index contributed by atoms with van der Waals surface area (Å²) in [4.78, 5) is 10.8. The molecule has 0 bridgehead atoms. The summed E-state index contributed by atoms with van der Waals surface area (Å²) in [5, 5.41) is 10.7. The Hall–Kier alpha value is -1.75. The number of urea groups is 1. The third kappa shape index (κ3) is 2.37. The van der Waals surface area contributed by atoms with E-state index < -0.39 is 12.1 Å². The molecule has 1 unspecified atom stereocenters. The number of hydroxylamine groups is 1. The van der Waals surface area contributed by atoms with Gasteiger partial charge >= 0.3 is 6.03 Å². The summed E-state index contributed by atoms with van der Waals surface area (Å²) >= 11 is 0. The maximum atomic E-state index is 10.8. The predicted octanol–water partition coefficient (Wildman–Crippen LogP) is 1.50. The van der Waals surface area contributed by atoms with Crippen LogP contribution in [0.4, 0.5) is 4.79 Å². The molecule has 0 spiro atoms. The maximum absolute atomic E-state index is 10.8. The maximum Gasteiger partial charge on any atom is 0.339 e. The number of carbonyl (C=O) groups excluding carboxylic acids is 1. The number of hydrogen-bond acceptors (Lipinski definition) is 3. The first-order valence-corrected chi connectivity index (χ1v) is 4.07. The first-order valence-electron chi connectivity index (χ1n) is 4.07. The fraction of sp³-hybridized carbons (Fsp3) is 0.222. The van der Waals surface area contributed by atoms with E-state index in [2.05, 4.69) is 11.9 Å². The van der Waals surface area contributed by atoms with Crippen LogP contribution in [0, 0.1) is 6.92 Å². The lowest BCUT2D eigenvalue weighted by Gasteiger charge is -2.10. The molecule has 1 heterocycles. The van der Waals surface area contributed by atoms with Gasteiger partial charge in [0.1, 0.15) is 17.6 Å². The van der Waals surface area contributed by atoms with Gasteiger partial charge in [0.2, 0.25) is 0 Å². The monoisotopic (exact) mass is 196 g/mol. The quantitative estimate of drug-likeness (QED) is 0.389. The third-order valence-electron chi connectivity index (χ3n) is 1.69. The van der Waals surface area contributed by atoms with Crippen LogP contribution in [0.1, 0.15) is 17.6 Å². The Labute approximate surface area is 81.4 Å². The Morgan fingerprint density at radius 2 is 2.43 bits per heavy atom. The Kier molecular flexibility index (Phi) is 3.30. The van der Waals surface area contributed by atoms with Gasteiger partial charge in [0.25, 0.3) is 0 Å². The number of aryl methyl sites for hydroxylation is 1. The fourth-order valence-electron chi connectivity index (χ4n) is 1.04. The molecule has 3 N–H and O–H groups in total. The first kappa shape index (κ1) is 10.3. The van der Waals surface area contributed by atoms with E-state index in [0.29, 0.717) is 5.76 Å². The van der Waals surface area contributed by atoms with Crippen LogP contribution in [0.3, 0.4) is 0 Å². The van der Waals surface area contributed by atoms with Gasteiger partial charge in [-0.15, -0.1) is 6.58 Å². The molecule has 0 saturated carbocycles. The van der Waals surface area contributed by atoms with Crippen LogP contribution in [0.5, 0.6) is 0 Å². The van der Waals surface area contributed by atoms with E-state index in [1.165, 1.54) is 11.6 Å². The fourth-order valence-corrected chi connectivity index (χ4v) is 1.04. The molecule has 1 aromatic rings. The van der Waals surface area contributed by atoms with Crippen molar-refractivity contribution in [3.63, 3.8) is 0 Å². The minimum Gasteiger partial charge on any atom is -0.464 e. The number of rotatable bonds is 3. The molecule has 14 heavy (non-hydrogen) atoms. The standard InChI is InChI=1S/C9H12N2O3/c1-3-7(10-9(12)11-13)8-5-4-6(2)14-8/h3-5,7,13H,1H2,2H3,(H2,10,11,12). The average Bonchev–Trinajstić information content (AvgIpc) is 2.60. The second-order valence-electron chi connectivity index (χ2n) is 2.75. The normalized spacial score (nSPS) is 11.9. The van der Waals surface area contributed by atoms with Crippen molar-refractivity contribution < 1.29 is 14.4 Å². The summed E-state index contributed by atoms with van der Waals surface area (Å²) in [6, 6.07) is 2.36. The van der Waals surface area contributed by atoms with Gasteiger partial charge < -0.3 is 9.73 Å². The predicted molar refractivity (Wildman–Crippen MR) is 49.8 cm³/mol. The van der Waals surface area contributed by atoms with Crippen LogP contribution in [0.15, 0.2) is 29.2 Å². The van der Waals surface area contributed by atoms with Crippen LogP contribution >= 0.6 is 0 Å². The van der Waals surface area contributed by atoms with Gasteiger partial charge in [0.05, 0.1) is 0 Å². The van der Waals surface area contributed by atoms with Crippen molar-refractivity contribution in [1.82, 2.24) is 10.8 Å². The highest BCUT2D eigenvalue weighted by Crippen LogP contribution is 2.16. The molecule has 1 rings (SSSR count). The van der Waals surface area contributed by atoms with Crippen molar-refractivity contribution in [2.75, 3.05) is 0 Å². The van der Waals surface area contributed by atoms with Crippen LogP contribution in [-0.4, -0.2) is 11.2 Å². The first-order chi connectivity index (χ1) is 6.67. The van der Waals surface area contributed by atoms with E-state index in [9.17, 15) is 4.79 Å². The molecule has 0 aliphatic heterocycles. The summed E-state index contributed by atoms with van der Waals surface area (Å²) in [5.41, 5.74) is 1.47. The molecule has 5 heteroatoms. The van der Waals surface area contributed by atoms with E-state index in [4.69, 9.17) is 9.62 Å². The Balaban J connectivity index is 2.72. The lowest BCUT2D eigenvalue weighted by molar-refractivity contribution is 0.159. The summed E-state index contributed by atoms with van der Waals surface area (Å²) in [7, 11) is 0. The molecule has 1 atom stereocenters. The van der Waals surface area contributed by atoms with Gasteiger partial charge in [-0.2, -0.15) is 0 Å². The number of amides is 2. The molecule has 0 aliphatic carbocycles. The molecule has 5 nitrogen and oxygen atoms in total. The molecular weight excluding hydrogens is 184 g/mol. The number of hydrogen-bond donors (Lipinski definition) is 3. The van der Waals surface area contributed by atoms with Gasteiger partial charge in [-0.05, 0) is 19.1 Å². The van der Waals surface area contributed by atoms with Crippen LogP contribution in [-0.2, 0) is 0 Å². The largest absolute Gasteiger partial charge is 0.464 e. The van der Waals surface area contributed by atoms with Gasteiger partial charge in [-0.3, -0.25) is 5.21 Å². The van der Waals surface area contributed by atoms with Crippen molar-refractivity contribution >= 4 is 6.03 Å². The van der Waals surface area contributed by atoms with Crippen LogP contribution in [0.2, 0.25) is 0 Å². The van der Waals surface area contributed by atoms with Gasteiger partial charge in [0, 0.05) is 0 Å². The summed E-state index contributed by atoms with van der Waals surface area (Å²) in [6.07, 6.45) is 1.51. The highest BCUT2D eigenvalue weighted by molar-refractivity contribution is 5.73. The molecule has 0 saturated heterocycles. The molecule has 2 amide bonds. The van der Waals surface area contributed by atoms with E-state index >= 15 is 0 Å². The average molecular weight is 196 g/mol. The van der Waals surface area contributed by atoms with Crippen molar-refractivity contribution in [2.24, 2.45) is 0 Å². The second-order valence-corrected chi connectivity index (χ2v) is 2.75. The highest BCUT2D eigenvalue weighted by atomic mass is 16.5. The zero-order chi connectivity index (χ0) is 10.6. The summed E-state index contributed by atoms with van der Waals surface area (Å²) < 4.78 is 5.29. The van der Waals surface area contributed by atoms with E-state index in [1.54, 1.807) is 19.1 Å². The number of furan rings is 1. The van der Waals surface area contributed by atoms with Gasteiger partial charge in [-0.25, -0.2) is 10.3 Å². The Bertz CT molecular complexity index is 333. The lowest BCUT2D eigenvalue weighted by atomic mass is 10.2. The molecule has 1 aromatic heterocycles. The van der Waals surface area contributed by atoms with Gasteiger partial charge in [-0.1, -0.05) is 6.08 Å². The Morgan fingerprint density at radius 1 is 1.71 bits per heavy atom. The van der Waals surface area contributed by atoms with Gasteiger partial charge in [0.15, 0.2) is 0 Å².